The van der Waals surface area contributed by atoms with Crippen molar-refractivity contribution in [2.24, 2.45) is 0 Å². The van der Waals surface area contributed by atoms with E-state index in [-0.39, 0.29) is 0 Å². The monoisotopic (exact) mass is 331 g/mol. The van der Waals surface area contributed by atoms with Gasteiger partial charge in [0.15, 0.2) is 0 Å². The Morgan fingerprint density at radius 3 is 2.75 bits per heavy atom. The van der Waals surface area contributed by atoms with E-state index in [1.165, 1.54) is 16.7 Å². The molecule has 1 aromatic carbocycles. The number of benzene rings is 1. The zero-order chi connectivity index (χ0) is 17.4. The van der Waals surface area contributed by atoms with E-state index in [0.717, 1.165) is 25.3 Å². The molecule has 4 nitrogen and oxygen atoms in total. The van der Waals surface area contributed by atoms with Crippen LogP contribution in [0.2, 0.25) is 0 Å². The highest BCUT2D eigenvalue weighted by Crippen LogP contribution is 2.14. The predicted molar refractivity (Wildman–Crippen MR) is 95.9 cm³/mol. The fourth-order valence-corrected chi connectivity index (χ4v) is 2.86. The SMILES string of the molecule is CCCN(Cc1ccc(C)cc1C)C[C@@H](O)COCc1ccco1. The van der Waals surface area contributed by atoms with Crippen molar-refractivity contribution in [1.82, 2.24) is 4.90 Å². The van der Waals surface area contributed by atoms with E-state index in [1.807, 2.05) is 12.1 Å². The Kier molecular flexibility index (Phi) is 7.50. The van der Waals surface area contributed by atoms with Crippen LogP contribution in [0, 0.1) is 13.8 Å². The van der Waals surface area contributed by atoms with E-state index in [4.69, 9.17) is 9.15 Å². The van der Waals surface area contributed by atoms with E-state index in [9.17, 15) is 5.11 Å². The third-order valence-corrected chi connectivity index (χ3v) is 4.04. The Hall–Kier alpha value is -1.62. The number of ether oxygens (including phenoxy) is 1. The van der Waals surface area contributed by atoms with Gasteiger partial charge in [-0.15, -0.1) is 0 Å². The molecule has 132 valence electrons. The summed E-state index contributed by atoms with van der Waals surface area (Å²) in [7, 11) is 0. The number of aliphatic hydroxyl groups excluding tert-OH is 1. The molecule has 0 aliphatic heterocycles. The minimum atomic E-state index is -0.503. The Balaban J connectivity index is 1.82. The van der Waals surface area contributed by atoms with Gasteiger partial charge in [-0.25, -0.2) is 0 Å². The smallest absolute Gasteiger partial charge is 0.129 e. The van der Waals surface area contributed by atoms with Crippen molar-refractivity contribution >= 4 is 0 Å². The van der Waals surface area contributed by atoms with Gasteiger partial charge in [0.1, 0.15) is 12.4 Å². The Morgan fingerprint density at radius 1 is 1.25 bits per heavy atom. The summed E-state index contributed by atoms with van der Waals surface area (Å²) in [5, 5.41) is 10.3. The summed E-state index contributed by atoms with van der Waals surface area (Å²) in [6.07, 6.45) is 2.18. The van der Waals surface area contributed by atoms with E-state index in [1.54, 1.807) is 6.26 Å². The van der Waals surface area contributed by atoms with Gasteiger partial charge < -0.3 is 14.3 Å². The van der Waals surface area contributed by atoms with E-state index in [0.29, 0.717) is 19.8 Å². The predicted octanol–water partition coefficient (Wildman–Crippen LogP) is 3.69. The molecule has 1 heterocycles. The van der Waals surface area contributed by atoms with Gasteiger partial charge in [-0.05, 0) is 50.1 Å². The lowest BCUT2D eigenvalue weighted by Crippen LogP contribution is -2.35. The first-order chi connectivity index (χ1) is 11.6. The largest absolute Gasteiger partial charge is 0.467 e. The summed E-state index contributed by atoms with van der Waals surface area (Å²) in [4.78, 5) is 2.29. The quantitative estimate of drug-likeness (QED) is 0.721. The van der Waals surface area contributed by atoms with Gasteiger partial charge in [-0.1, -0.05) is 30.7 Å². The molecule has 0 aliphatic rings. The molecule has 1 atom stereocenters. The molecule has 24 heavy (non-hydrogen) atoms. The van der Waals surface area contributed by atoms with Crippen LogP contribution in [0.3, 0.4) is 0 Å². The van der Waals surface area contributed by atoms with Crippen LogP contribution in [-0.2, 0) is 17.9 Å². The maximum Gasteiger partial charge on any atom is 0.129 e. The number of rotatable bonds is 10. The van der Waals surface area contributed by atoms with Crippen LogP contribution in [0.25, 0.3) is 0 Å². The molecule has 0 radical (unpaired) electrons. The lowest BCUT2D eigenvalue weighted by molar-refractivity contribution is 0.00384. The summed E-state index contributed by atoms with van der Waals surface area (Å²) >= 11 is 0. The summed E-state index contributed by atoms with van der Waals surface area (Å²) < 4.78 is 10.8. The molecule has 0 bridgehead atoms. The zero-order valence-corrected chi connectivity index (χ0v) is 15.0. The van der Waals surface area contributed by atoms with Crippen LogP contribution in [-0.4, -0.2) is 35.8 Å². The zero-order valence-electron chi connectivity index (χ0n) is 15.0. The highest BCUT2D eigenvalue weighted by Gasteiger charge is 2.13. The molecule has 0 fully saturated rings. The van der Waals surface area contributed by atoms with Gasteiger partial charge in [0.25, 0.3) is 0 Å². The standard InChI is InChI=1S/C20H29NO3/c1-4-9-21(12-18-8-7-16(2)11-17(18)3)13-19(22)14-23-15-20-6-5-10-24-20/h5-8,10-11,19,22H,4,9,12-15H2,1-3H3/t19-/m1/s1. The Bertz CT molecular complexity index is 595. The molecule has 0 saturated carbocycles. The Labute approximate surface area is 145 Å². The van der Waals surface area contributed by atoms with Crippen LogP contribution in [0.5, 0.6) is 0 Å². The number of aryl methyl sites for hydroxylation is 2. The highest BCUT2D eigenvalue weighted by molar-refractivity contribution is 5.30. The second-order valence-electron chi connectivity index (χ2n) is 6.41. The highest BCUT2D eigenvalue weighted by atomic mass is 16.5. The minimum absolute atomic E-state index is 0.313. The lowest BCUT2D eigenvalue weighted by Gasteiger charge is -2.25. The number of aliphatic hydroxyl groups is 1. The third kappa shape index (κ3) is 6.11. The summed E-state index contributed by atoms with van der Waals surface area (Å²) in [5.41, 5.74) is 3.90. The van der Waals surface area contributed by atoms with Gasteiger partial charge >= 0.3 is 0 Å². The van der Waals surface area contributed by atoms with Crippen LogP contribution >= 0.6 is 0 Å². The van der Waals surface area contributed by atoms with Gasteiger partial charge in [0.05, 0.1) is 19.0 Å². The number of hydrogen-bond acceptors (Lipinski definition) is 4. The molecular weight excluding hydrogens is 302 g/mol. The maximum absolute atomic E-state index is 10.3. The average molecular weight is 331 g/mol. The molecule has 2 rings (SSSR count). The van der Waals surface area contributed by atoms with E-state index < -0.39 is 6.10 Å². The molecule has 1 aromatic heterocycles. The van der Waals surface area contributed by atoms with Crippen molar-refractivity contribution in [2.75, 3.05) is 19.7 Å². The van der Waals surface area contributed by atoms with Crippen molar-refractivity contribution in [1.29, 1.82) is 0 Å². The molecule has 0 unspecified atom stereocenters. The molecular formula is C20H29NO3. The molecule has 0 amide bonds. The molecule has 2 aromatic rings. The van der Waals surface area contributed by atoms with Crippen molar-refractivity contribution in [3.05, 3.63) is 59.0 Å². The number of nitrogens with zero attached hydrogens (tertiary/aromatic N) is 1. The lowest BCUT2D eigenvalue weighted by atomic mass is 10.1. The molecule has 0 aliphatic carbocycles. The average Bonchev–Trinajstić information content (AvgIpc) is 3.03. The van der Waals surface area contributed by atoms with Crippen LogP contribution < -0.4 is 0 Å². The van der Waals surface area contributed by atoms with Gasteiger partial charge in [0.2, 0.25) is 0 Å². The first-order valence-electron chi connectivity index (χ1n) is 8.65. The first kappa shape index (κ1) is 18.7. The van der Waals surface area contributed by atoms with Crippen LogP contribution in [0.4, 0.5) is 0 Å². The minimum Gasteiger partial charge on any atom is -0.467 e. The van der Waals surface area contributed by atoms with Gasteiger partial charge in [-0.2, -0.15) is 0 Å². The molecule has 0 spiro atoms. The third-order valence-electron chi connectivity index (χ3n) is 4.04. The summed E-state index contributed by atoms with van der Waals surface area (Å²) in [6, 6.07) is 10.3. The number of hydrogen-bond donors (Lipinski definition) is 1. The van der Waals surface area contributed by atoms with Crippen LogP contribution in [0.1, 0.15) is 35.8 Å². The first-order valence-corrected chi connectivity index (χ1v) is 8.65. The van der Waals surface area contributed by atoms with Crippen LogP contribution in [0.15, 0.2) is 41.0 Å². The summed E-state index contributed by atoms with van der Waals surface area (Å²) in [5.74, 6) is 0.780. The van der Waals surface area contributed by atoms with E-state index >= 15 is 0 Å². The second-order valence-corrected chi connectivity index (χ2v) is 6.41. The fraction of sp³-hybridized carbons (Fsp3) is 0.500. The topological polar surface area (TPSA) is 45.8 Å². The Morgan fingerprint density at radius 2 is 2.08 bits per heavy atom. The maximum atomic E-state index is 10.3. The molecule has 4 heteroatoms. The number of furan rings is 1. The fourth-order valence-electron chi connectivity index (χ4n) is 2.86. The van der Waals surface area contributed by atoms with Gasteiger partial charge in [0, 0.05) is 13.1 Å². The summed E-state index contributed by atoms with van der Waals surface area (Å²) in [6.45, 7) is 9.56. The van der Waals surface area contributed by atoms with E-state index in [2.05, 4.69) is 43.9 Å². The van der Waals surface area contributed by atoms with Crippen molar-refractivity contribution in [2.45, 2.75) is 46.4 Å². The molecule has 0 saturated heterocycles. The normalized spacial score (nSPS) is 12.7. The van der Waals surface area contributed by atoms with Gasteiger partial charge in [-0.3, -0.25) is 4.90 Å². The van der Waals surface area contributed by atoms with Crippen molar-refractivity contribution in [3.63, 3.8) is 0 Å². The van der Waals surface area contributed by atoms with Crippen molar-refractivity contribution < 1.29 is 14.3 Å². The second kappa shape index (κ2) is 9.62. The van der Waals surface area contributed by atoms with Crippen molar-refractivity contribution in [3.8, 4) is 0 Å². The molecule has 1 N–H and O–H groups in total.